The number of amides is 1. The number of aromatic nitrogens is 6. The second-order valence-electron chi connectivity index (χ2n) is 5.21. The summed E-state index contributed by atoms with van der Waals surface area (Å²) in [5, 5.41) is 15.6. The number of rotatable bonds is 6. The van der Waals surface area contributed by atoms with Gasteiger partial charge in [0.1, 0.15) is 12.4 Å². The van der Waals surface area contributed by atoms with Crippen LogP contribution in [-0.2, 0) is 19.8 Å². The molecule has 0 bridgehead atoms. The molecule has 3 rings (SSSR count). The van der Waals surface area contributed by atoms with E-state index in [0.29, 0.717) is 18.9 Å². The van der Waals surface area contributed by atoms with Gasteiger partial charge in [-0.25, -0.2) is 0 Å². The first-order valence-corrected chi connectivity index (χ1v) is 7.47. The molecular weight excluding hydrogens is 294 g/mol. The minimum atomic E-state index is -0.201. The quantitative estimate of drug-likeness (QED) is 0.737. The minimum Gasteiger partial charge on any atom is -0.346 e. The third-order valence-electron chi connectivity index (χ3n) is 3.53. The van der Waals surface area contributed by atoms with Gasteiger partial charge in [0, 0.05) is 43.4 Å². The van der Waals surface area contributed by atoms with Crippen LogP contribution in [0, 0.1) is 6.92 Å². The Hall–Kier alpha value is -2.90. The Morgan fingerprint density at radius 2 is 2.09 bits per heavy atom. The van der Waals surface area contributed by atoms with Crippen molar-refractivity contribution < 1.29 is 4.79 Å². The lowest BCUT2D eigenvalue weighted by Crippen LogP contribution is -2.24. The van der Waals surface area contributed by atoms with E-state index in [2.05, 4.69) is 20.6 Å². The van der Waals surface area contributed by atoms with Crippen molar-refractivity contribution in [2.24, 2.45) is 0 Å². The normalized spacial score (nSPS) is 10.9. The Labute approximate surface area is 133 Å². The minimum absolute atomic E-state index is 0.201. The van der Waals surface area contributed by atoms with Crippen LogP contribution in [0.3, 0.4) is 0 Å². The predicted molar refractivity (Wildman–Crippen MR) is 83.7 cm³/mol. The maximum absolute atomic E-state index is 12.2. The van der Waals surface area contributed by atoms with Gasteiger partial charge in [0.05, 0.1) is 5.69 Å². The second kappa shape index (κ2) is 6.47. The molecule has 3 aromatic rings. The first kappa shape index (κ1) is 15.0. The van der Waals surface area contributed by atoms with Gasteiger partial charge in [-0.15, -0.1) is 0 Å². The lowest BCUT2D eigenvalue weighted by Gasteiger charge is -2.03. The van der Waals surface area contributed by atoms with Gasteiger partial charge in [-0.05, 0) is 26.0 Å². The first-order chi connectivity index (χ1) is 11.2. The maximum atomic E-state index is 12.2. The van der Waals surface area contributed by atoms with Crippen molar-refractivity contribution in [3.8, 4) is 0 Å². The lowest BCUT2D eigenvalue weighted by atomic mass is 10.2. The van der Waals surface area contributed by atoms with Gasteiger partial charge in [0.2, 0.25) is 0 Å². The molecule has 1 amide bonds. The molecule has 1 N–H and O–H groups in total. The van der Waals surface area contributed by atoms with Crippen LogP contribution in [0.2, 0.25) is 0 Å². The number of carbonyl (C=O) groups excluding carboxylic acids is 1. The van der Waals surface area contributed by atoms with Crippen molar-refractivity contribution in [3.05, 3.63) is 53.9 Å². The fourth-order valence-electron chi connectivity index (χ4n) is 2.25. The highest BCUT2D eigenvalue weighted by Gasteiger charge is 2.11. The van der Waals surface area contributed by atoms with Crippen LogP contribution in [0.15, 0.2) is 36.9 Å². The number of carbonyl (C=O) groups is 1. The van der Waals surface area contributed by atoms with Crippen molar-refractivity contribution in [3.63, 3.8) is 0 Å². The lowest BCUT2D eigenvalue weighted by molar-refractivity contribution is 0.0945. The maximum Gasteiger partial charge on any atom is 0.272 e. The van der Waals surface area contributed by atoms with E-state index in [0.717, 1.165) is 17.8 Å². The summed E-state index contributed by atoms with van der Waals surface area (Å²) < 4.78 is 5.26. The van der Waals surface area contributed by atoms with Gasteiger partial charge >= 0.3 is 0 Å². The van der Waals surface area contributed by atoms with E-state index >= 15 is 0 Å². The van der Waals surface area contributed by atoms with Crippen molar-refractivity contribution >= 4 is 5.91 Å². The van der Waals surface area contributed by atoms with E-state index in [-0.39, 0.29) is 5.91 Å². The van der Waals surface area contributed by atoms with E-state index in [9.17, 15) is 4.79 Å². The molecule has 8 nitrogen and oxygen atoms in total. The third kappa shape index (κ3) is 3.47. The summed E-state index contributed by atoms with van der Waals surface area (Å²) in [4.78, 5) is 12.2. The highest BCUT2D eigenvalue weighted by atomic mass is 16.1. The molecule has 0 aliphatic carbocycles. The summed E-state index contributed by atoms with van der Waals surface area (Å²) in [5.41, 5.74) is 2.32. The summed E-state index contributed by atoms with van der Waals surface area (Å²) in [7, 11) is 0. The van der Waals surface area contributed by atoms with Gasteiger partial charge in [-0.3, -0.25) is 18.8 Å². The van der Waals surface area contributed by atoms with Gasteiger partial charge in [0.15, 0.2) is 0 Å². The van der Waals surface area contributed by atoms with E-state index in [1.165, 1.54) is 0 Å². The summed E-state index contributed by atoms with van der Waals surface area (Å²) in [6, 6.07) is 3.54. The fraction of sp³-hybridized carbons (Fsp3) is 0.333. The zero-order chi connectivity index (χ0) is 16.2. The Kier molecular flexibility index (Phi) is 4.22. The fourth-order valence-corrected chi connectivity index (χ4v) is 2.25. The van der Waals surface area contributed by atoms with Gasteiger partial charge in [-0.2, -0.15) is 15.3 Å². The zero-order valence-electron chi connectivity index (χ0n) is 13.2. The molecule has 0 spiro atoms. The molecule has 0 aliphatic heterocycles. The average Bonchev–Trinajstić information content (AvgIpc) is 3.27. The van der Waals surface area contributed by atoms with E-state index in [1.807, 2.05) is 37.0 Å². The van der Waals surface area contributed by atoms with Crippen LogP contribution in [0.5, 0.6) is 0 Å². The molecule has 23 heavy (non-hydrogen) atoms. The summed E-state index contributed by atoms with van der Waals surface area (Å²) >= 11 is 0. The molecular formula is C15H19N7O. The molecule has 0 aliphatic rings. The SMILES string of the molecule is CCn1cc(CNC(=O)c2ccn(Cn3cccn3)n2)c(C)n1. The van der Waals surface area contributed by atoms with Crippen molar-refractivity contribution in [2.75, 3.05) is 0 Å². The molecule has 0 saturated carbocycles. The Morgan fingerprint density at radius 1 is 1.22 bits per heavy atom. The molecule has 0 saturated heterocycles. The van der Waals surface area contributed by atoms with Gasteiger partial charge in [0.25, 0.3) is 5.91 Å². The average molecular weight is 313 g/mol. The largest absolute Gasteiger partial charge is 0.346 e. The van der Waals surface area contributed by atoms with Crippen LogP contribution < -0.4 is 5.32 Å². The summed E-state index contributed by atoms with van der Waals surface area (Å²) in [6.07, 6.45) is 7.26. The molecule has 3 heterocycles. The Balaban J connectivity index is 1.60. The number of hydrogen-bond acceptors (Lipinski definition) is 4. The highest BCUT2D eigenvalue weighted by molar-refractivity contribution is 5.92. The van der Waals surface area contributed by atoms with Crippen LogP contribution in [0.25, 0.3) is 0 Å². The number of nitrogens with one attached hydrogen (secondary N) is 1. The van der Waals surface area contributed by atoms with Crippen LogP contribution in [-0.4, -0.2) is 35.2 Å². The highest BCUT2D eigenvalue weighted by Crippen LogP contribution is 2.06. The molecule has 0 aromatic carbocycles. The number of nitrogens with zero attached hydrogens (tertiary/aromatic N) is 6. The molecule has 0 radical (unpaired) electrons. The van der Waals surface area contributed by atoms with E-state index < -0.39 is 0 Å². The zero-order valence-corrected chi connectivity index (χ0v) is 13.2. The molecule has 8 heteroatoms. The molecule has 0 atom stereocenters. The van der Waals surface area contributed by atoms with Crippen molar-refractivity contribution in [1.29, 1.82) is 0 Å². The standard InChI is InChI=1S/C15H19N7O/c1-3-20-10-13(12(2)18-20)9-16-15(23)14-5-8-22(19-14)11-21-7-4-6-17-21/h4-8,10H,3,9,11H2,1-2H3,(H,16,23). The van der Waals surface area contributed by atoms with E-state index in [4.69, 9.17) is 0 Å². The van der Waals surface area contributed by atoms with Crippen LogP contribution >= 0.6 is 0 Å². The first-order valence-electron chi connectivity index (χ1n) is 7.47. The summed E-state index contributed by atoms with van der Waals surface area (Å²) in [6.45, 7) is 5.69. The van der Waals surface area contributed by atoms with Crippen molar-refractivity contribution in [2.45, 2.75) is 33.6 Å². The predicted octanol–water partition coefficient (Wildman–Crippen LogP) is 1.04. The van der Waals surface area contributed by atoms with E-state index in [1.54, 1.807) is 27.8 Å². The molecule has 3 aromatic heterocycles. The Bertz CT molecular complexity index is 785. The molecule has 0 unspecified atom stereocenters. The number of aryl methyl sites for hydroxylation is 2. The summed E-state index contributed by atoms with van der Waals surface area (Å²) in [5.74, 6) is -0.201. The Morgan fingerprint density at radius 3 is 2.78 bits per heavy atom. The van der Waals surface area contributed by atoms with Gasteiger partial charge in [-0.1, -0.05) is 0 Å². The molecule has 120 valence electrons. The smallest absolute Gasteiger partial charge is 0.272 e. The van der Waals surface area contributed by atoms with Crippen LogP contribution in [0.4, 0.5) is 0 Å². The topological polar surface area (TPSA) is 82.6 Å². The third-order valence-corrected chi connectivity index (χ3v) is 3.53. The monoisotopic (exact) mass is 313 g/mol. The van der Waals surface area contributed by atoms with Crippen LogP contribution in [0.1, 0.15) is 28.7 Å². The number of hydrogen-bond donors (Lipinski definition) is 1. The molecule has 0 fully saturated rings. The van der Waals surface area contributed by atoms with Crippen molar-refractivity contribution in [1.82, 2.24) is 34.7 Å². The van der Waals surface area contributed by atoms with Gasteiger partial charge < -0.3 is 5.32 Å². The second-order valence-corrected chi connectivity index (χ2v) is 5.21.